The van der Waals surface area contributed by atoms with E-state index in [9.17, 15) is 22.3 Å². The predicted molar refractivity (Wildman–Crippen MR) is 103 cm³/mol. The zero-order valence-electron chi connectivity index (χ0n) is 15.4. The molecule has 1 N–H and O–H groups in total. The molecule has 29 heavy (non-hydrogen) atoms. The van der Waals surface area contributed by atoms with E-state index in [2.05, 4.69) is 9.71 Å². The van der Waals surface area contributed by atoms with Crippen molar-refractivity contribution < 1.29 is 27.1 Å². The second-order valence-electron chi connectivity index (χ2n) is 6.27. The fourth-order valence-corrected chi connectivity index (χ4v) is 3.26. The summed E-state index contributed by atoms with van der Waals surface area (Å²) < 4.78 is 57.1. The molecule has 0 spiro atoms. The molecule has 0 saturated heterocycles. The first-order chi connectivity index (χ1) is 13.9. The molecular weight excluding hydrogens is 402 g/mol. The molecule has 6 nitrogen and oxygen atoms in total. The Labute approximate surface area is 168 Å². The fourth-order valence-electron chi connectivity index (χ4n) is 2.95. The molecule has 0 aliphatic heterocycles. The fraction of sp³-hybridized carbons (Fsp3) is 0.200. The van der Waals surface area contributed by atoms with Crippen LogP contribution in [0.5, 0.6) is 5.75 Å². The van der Waals surface area contributed by atoms with Crippen LogP contribution < -0.4 is 9.46 Å². The number of aromatic nitrogens is 1. The highest BCUT2D eigenvalue weighted by Crippen LogP contribution is 2.24. The lowest BCUT2D eigenvalue weighted by Gasteiger charge is -2.11. The molecule has 0 fully saturated rings. The van der Waals surface area contributed by atoms with E-state index < -0.39 is 28.7 Å². The lowest BCUT2D eigenvalue weighted by Crippen LogP contribution is -2.18. The molecule has 1 heterocycles. The SMILES string of the molecule is COc1cnc2ccc(C(=O)c3cc(F)cc(CCCNS(=O)[O-])c3F)cc2c1. The monoisotopic (exact) mass is 419 g/mol. The Morgan fingerprint density at radius 1 is 1.24 bits per heavy atom. The van der Waals surface area contributed by atoms with Gasteiger partial charge in [-0.2, -0.15) is 0 Å². The van der Waals surface area contributed by atoms with Crippen LogP contribution in [0.3, 0.4) is 0 Å². The van der Waals surface area contributed by atoms with Crippen LogP contribution in [0, 0.1) is 11.6 Å². The van der Waals surface area contributed by atoms with E-state index in [0.29, 0.717) is 16.7 Å². The van der Waals surface area contributed by atoms with Gasteiger partial charge in [0.1, 0.15) is 17.4 Å². The van der Waals surface area contributed by atoms with Gasteiger partial charge in [0.25, 0.3) is 0 Å². The number of methoxy groups -OCH3 is 1. The van der Waals surface area contributed by atoms with Crippen molar-refractivity contribution in [3.05, 3.63) is 70.9 Å². The maximum absolute atomic E-state index is 14.8. The minimum absolute atomic E-state index is 0.0101. The van der Waals surface area contributed by atoms with Crippen LogP contribution in [-0.2, 0) is 17.7 Å². The number of rotatable bonds is 8. The third kappa shape index (κ3) is 5.00. The van der Waals surface area contributed by atoms with E-state index in [1.165, 1.54) is 13.2 Å². The van der Waals surface area contributed by atoms with E-state index >= 15 is 0 Å². The minimum Gasteiger partial charge on any atom is -0.760 e. The van der Waals surface area contributed by atoms with Gasteiger partial charge in [-0.15, -0.1) is 0 Å². The van der Waals surface area contributed by atoms with Crippen molar-refractivity contribution in [2.75, 3.05) is 13.7 Å². The summed E-state index contributed by atoms with van der Waals surface area (Å²) in [5, 5.41) is 0.629. The zero-order valence-corrected chi connectivity index (χ0v) is 16.2. The third-order valence-electron chi connectivity index (χ3n) is 4.35. The summed E-state index contributed by atoms with van der Waals surface area (Å²) in [6.07, 6.45) is 1.87. The van der Waals surface area contributed by atoms with E-state index in [1.54, 1.807) is 24.4 Å². The maximum Gasteiger partial charge on any atom is 0.196 e. The summed E-state index contributed by atoms with van der Waals surface area (Å²) in [6, 6.07) is 8.23. The van der Waals surface area contributed by atoms with Gasteiger partial charge in [0, 0.05) is 28.8 Å². The molecule has 1 atom stereocenters. The van der Waals surface area contributed by atoms with Gasteiger partial charge in [-0.1, -0.05) is 0 Å². The number of halogens is 2. The first-order valence-corrected chi connectivity index (χ1v) is 9.75. The molecule has 2 aromatic carbocycles. The molecular formula is C20H17F2N2O4S-. The Morgan fingerprint density at radius 3 is 2.76 bits per heavy atom. The zero-order chi connectivity index (χ0) is 21.0. The van der Waals surface area contributed by atoms with Crippen molar-refractivity contribution in [1.29, 1.82) is 0 Å². The largest absolute Gasteiger partial charge is 0.760 e. The first-order valence-electron chi connectivity index (χ1n) is 8.68. The lowest BCUT2D eigenvalue weighted by molar-refractivity contribution is 0.103. The molecule has 152 valence electrons. The molecule has 0 radical (unpaired) electrons. The summed E-state index contributed by atoms with van der Waals surface area (Å²) in [4.78, 5) is 17.0. The van der Waals surface area contributed by atoms with Crippen LogP contribution in [0.4, 0.5) is 8.78 Å². The van der Waals surface area contributed by atoms with Crippen molar-refractivity contribution in [3.8, 4) is 5.75 Å². The Balaban J connectivity index is 1.90. The Kier molecular flexibility index (Phi) is 6.63. The van der Waals surface area contributed by atoms with E-state index in [-0.39, 0.29) is 36.1 Å². The van der Waals surface area contributed by atoms with Crippen LogP contribution in [0.1, 0.15) is 27.9 Å². The molecule has 1 unspecified atom stereocenters. The second kappa shape index (κ2) is 9.17. The number of pyridine rings is 1. The van der Waals surface area contributed by atoms with Gasteiger partial charge in [0.2, 0.25) is 0 Å². The summed E-state index contributed by atoms with van der Waals surface area (Å²) in [5.74, 6) is -1.71. The van der Waals surface area contributed by atoms with Crippen molar-refractivity contribution in [1.82, 2.24) is 9.71 Å². The number of hydrogen-bond donors (Lipinski definition) is 1. The molecule has 0 amide bonds. The highest BCUT2D eigenvalue weighted by atomic mass is 32.2. The normalized spacial score (nSPS) is 12.1. The van der Waals surface area contributed by atoms with Gasteiger partial charge in [0.15, 0.2) is 5.78 Å². The number of hydrogen-bond acceptors (Lipinski definition) is 5. The third-order valence-corrected chi connectivity index (χ3v) is 4.79. The maximum atomic E-state index is 14.8. The topological polar surface area (TPSA) is 91.3 Å². The van der Waals surface area contributed by atoms with Crippen LogP contribution in [0.2, 0.25) is 0 Å². The summed E-state index contributed by atoms with van der Waals surface area (Å²) in [7, 11) is 1.49. The number of fused-ring (bicyclic) bond motifs is 1. The Morgan fingerprint density at radius 2 is 2.03 bits per heavy atom. The van der Waals surface area contributed by atoms with Crippen LogP contribution >= 0.6 is 0 Å². The Hall–Kier alpha value is -2.75. The van der Waals surface area contributed by atoms with Crippen LogP contribution in [0.15, 0.2) is 42.6 Å². The van der Waals surface area contributed by atoms with Crippen molar-refractivity contribution in [2.24, 2.45) is 0 Å². The highest BCUT2D eigenvalue weighted by molar-refractivity contribution is 7.77. The number of carbonyl (C=O) groups is 1. The number of nitrogens with zero attached hydrogens (tertiary/aromatic N) is 1. The number of aryl methyl sites for hydroxylation is 1. The lowest BCUT2D eigenvalue weighted by atomic mass is 9.97. The van der Waals surface area contributed by atoms with E-state index in [4.69, 9.17) is 4.74 Å². The average Bonchev–Trinajstić information content (AvgIpc) is 2.71. The van der Waals surface area contributed by atoms with Crippen LogP contribution in [0.25, 0.3) is 10.9 Å². The molecule has 0 saturated carbocycles. The summed E-state index contributed by atoms with van der Waals surface area (Å²) >= 11 is -2.42. The molecule has 0 aliphatic carbocycles. The number of ether oxygens (including phenoxy) is 1. The number of carbonyl (C=O) groups excluding carboxylic acids is 1. The molecule has 3 aromatic rings. The van der Waals surface area contributed by atoms with E-state index in [1.807, 2.05) is 0 Å². The molecule has 9 heteroatoms. The first kappa shape index (κ1) is 21.0. The molecule has 0 bridgehead atoms. The minimum atomic E-state index is -2.42. The average molecular weight is 419 g/mol. The molecule has 3 rings (SSSR count). The van der Waals surface area contributed by atoms with Gasteiger partial charge in [-0.25, -0.2) is 13.5 Å². The van der Waals surface area contributed by atoms with Crippen molar-refractivity contribution in [3.63, 3.8) is 0 Å². The molecule has 1 aromatic heterocycles. The predicted octanol–water partition coefficient (Wildman–Crippen LogP) is 3.07. The second-order valence-corrected chi connectivity index (χ2v) is 7.03. The van der Waals surface area contributed by atoms with E-state index in [0.717, 1.165) is 12.1 Å². The molecule has 0 aliphatic rings. The summed E-state index contributed by atoms with van der Waals surface area (Å²) in [5.41, 5.74) is 0.448. The van der Waals surface area contributed by atoms with Crippen LogP contribution in [-0.4, -0.2) is 33.2 Å². The smallest absolute Gasteiger partial charge is 0.196 e. The number of nitrogens with one attached hydrogen (secondary N) is 1. The van der Waals surface area contributed by atoms with Gasteiger partial charge in [-0.3, -0.25) is 14.0 Å². The van der Waals surface area contributed by atoms with Gasteiger partial charge in [-0.05, 0) is 54.8 Å². The Bertz CT molecular complexity index is 1090. The number of benzene rings is 2. The van der Waals surface area contributed by atoms with Gasteiger partial charge < -0.3 is 9.29 Å². The van der Waals surface area contributed by atoms with Gasteiger partial charge in [0.05, 0.1) is 24.4 Å². The van der Waals surface area contributed by atoms with Gasteiger partial charge >= 0.3 is 0 Å². The summed E-state index contributed by atoms with van der Waals surface area (Å²) in [6.45, 7) is 0.0782. The quantitative estimate of drug-likeness (QED) is 0.344. The van der Waals surface area contributed by atoms with Crippen molar-refractivity contribution in [2.45, 2.75) is 12.8 Å². The highest BCUT2D eigenvalue weighted by Gasteiger charge is 2.19. The standard InChI is InChI=1S/C20H18F2N2O4S/c1-28-16-9-14-7-13(4-5-18(14)23-11-16)20(25)17-10-15(21)8-12(19(17)22)3-2-6-24-29(26)27/h4-5,7-11,24H,2-3,6H2,1H3,(H,26,27)/p-1. The van der Waals surface area contributed by atoms with Crippen molar-refractivity contribution >= 4 is 28.0 Å². The number of ketones is 1.